The molecule has 92 valence electrons. The van der Waals surface area contributed by atoms with Gasteiger partial charge in [-0.05, 0) is 6.07 Å². The SMILES string of the molecule is O=C(O)[C@H]1COc2ncc(C(F)(F)F)cc2N1. The first kappa shape index (κ1) is 11.5. The van der Waals surface area contributed by atoms with Gasteiger partial charge in [0.1, 0.15) is 6.61 Å². The van der Waals surface area contributed by atoms with E-state index < -0.39 is 23.8 Å². The lowest BCUT2D eigenvalue weighted by atomic mass is 10.2. The van der Waals surface area contributed by atoms with E-state index in [4.69, 9.17) is 9.84 Å². The average molecular weight is 248 g/mol. The highest BCUT2D eigenvalue weighted by Gasteiger charge is 2.33. The Hall–Kier alpha value is -1.99. The molecule has 17 heavy (non-hydrogen) atoms. The molecule has 2 heterocycles. The first-order valence-corrected chi connectivity index (χ1v) is 4.57. The van der Waals surface area contributed by atoms with E-state index in [0.717, 1.165) is 6.07 Å². The van der Waals surface area contributed by atoms with Crippen molar-refractivity contribution in [3.8, 4) is 5.88 Å². The summed E-state index contributed by atoms with van der Waals surface area (Å²) in [7, 11) is 0. The predicted octanol–water partition coefficient (Wildman–Crippen LogP) is 1.36. The smallest absolute Gasteiger partial charge is 0.417 e. The van der Waals surface area contributed by atoms with Gasteiger partial charge in [-0.2, -0.15) is 13.2 Å². The molecule has 0 amide bonds. The van der Waals surface area contributed by atoms with Crippen molar-refractivity contribution in [2.45, 2.75) is 12.2 Å². The lowest BCUT2D eigenvalue weighted by molar-refractivity contribution is -0.138. The van der Waals surface area contributed by atoms with E-state index in [1.807, 2.05) is 0 Å². The fraction of sp³-hybridized carbons (Fsp3) is 0.333. The highest BCUT2D eigenvalue weighted by Crippen LogP contribution is 2.34. The summed E-state index contributed by atoms with van der Waals surface area (Å²) in [6.45, 7) is -0.180. The topological polar surface area (TPSA) is 71.5 Å². The normalized spacial score (nSPS) is 18.9. The third-order valence-corrected chi connectivity index (χ3v) is 2.19. The number of carboxylic acid groups (broad SMARTS) is 1. The Morgan fingerprint density at radius 3 is 2.88 bits per heavy atom. The minimum atomic E-state index is -4.53. The standard InChI is InChI=1S/C9H7F3N2O3/c10-9(11,12)4-1-5-7(13-2-4)17-3-6(14-5)8(15)16/h1-2,6,14H,3H2,(H,15,16)/t6-/m1/s1. The van der Waals surface area contributed by atoms with Crippen LogP contribution in [0.4, 0.5) is 18.9 Å². The van der Waals surface area contributed by atoms with Crippen molar-refractivity contribution in [1.82, 2.24) is 4.98 Å². The molecule has 5 nitrogen and oxygen atoms in total. The van der Waals surface area contributed by atoms with Crippen molar-refractivity contribution in [2.24, 2.45) is 0 Å². The maximum atomic E-state index is 12.4. The maximum Gasteiger partial charge on any atom is 0.417 e. The lowest BCUT2D eigenvalue weighted by Crippen LogP contribution is -2.38. The summed E-state index contributed by atoms with van der Waals surface area (Å²) in [5, 5.41) is 11.1. The van der Waals surface area contributed by atoms with Crippen LogP contribution in [0.15, 0.2) is 12.3 Å². The Kier molecular flexibility index (Phi) is 2.56. The van der Waals surface area contributed by atoms with Gasteiger partial charge in [0.05, 0.1) is 11.3 Å². The number of carbonyl (C=O) groups is 1. The van der Waals surface area contributed by atoms with Gasteiger partial charge >= 0.3 is 12.1 Å². The van der Waals surface area contributed by atoms with Crippen LogP contribution in [0.25, 0.3) is 0 Å². The summed E-state index contributed by atoms with van der Waals surface area (Å²) in [6.07, 6.45) is -3.89. The van der Waals surface area contributed by atoms with Crippen molar-refractivity contribution in [2.75, 3.05) is 11.9 Å². The van der Waals surface area contributed by atoms with Crippen LogP contribution in [-0.2, 0) is 11.0 Å². The molecule has 0 aromatic carbocycles. The number of nitrogens with one attached hydrogen (secondary N) is 1. The highest BCUT2D eigenvalue weighted by molar-refractivity contribution is 5.79. The molecule has 1 atom stereocenters. The molecule has 2 N–H and O–H groups in total. The van der Waals surface area contributed by atoms with Crippen molar-refractivity contribution in [3.63, 3.8) is 0 Å². The first-order chi connectivity index (χ1) is 7.88. The van der Waals surface area contributed by atoms with Crippen LogP contribution < -0.4 is 10.1 Å². The minimum Gasteiger partial charge on any atom is -0.480 e. The number of nitrogens with zero attached hydrogens (tertiary/aromatic N) is 1. The van der Waals surface area contributed by atoms with Gasteiger partial charge in [0, 0.05) is 6.20 Å². The van der Waals surface area contributed by atoms with E-state index in [9.17, 15) is 18.0 Å². The van der Waals surface area contributed by atoms with Crippen LogP contribution in [0.5, 0.6) is 5.88 Å². The van der Waals surface area contributed by atoms with E-state index in [0.29, 0.717) is 6.20 Å². The van der Waals surface area contributed by atoms with E-state index >= 15 is 0 Å². The first-order valence-electron chi connectivity index (χ1n) is 4.57. The van der Waals surface area contributed by atoms with Crippen LogP contribution in [0.1, 0.15) is 5.56 Å². The van der Waals surface area contributed by atoms with Crippen LogP contribution in [0.3, 0.4) is 0 Å². The molecule has 1 aliphatic rings. The van der Waals surface area contributed by atoms with Gasteiger partial charge < -0.3 is 15.2 Å². The molecule has 1 aliphatic heterocycles. The van der Waals surface area contributed by atoms with Crippen molar-refractivity contribution in [3.05, 3.63) is 17.8 Å². The van der Waals surface area contributed by atoms with Crippen molar-refractivity contribution in [1.29, 1.82) is 0 Å². The van der Waals surface area contributed by atoms with Crippen LogP contribution in [0.2, 0.25) is 0 Å². The van der Waals surface area contributed by atoms with E-state index in [-0.39, 0.29) is 18.2 Å². The molecule has 0 unspecified atom stereocenters. The number of anilines is 1. The van der Waals surface area contributed by atoms with E-state index in [1.165, 1.54) is 0 Å². The van der Waals surface area contributed by atoms with Crippen molar-refractivity contribution < 1.29 is 27.8 Å². The average Bonchev–Trinajstić information content (AvgIpc) is 2.26. The Bertz CT molecular complexity index is 461. The Morgan fingerprint density at radius 1 is 1.59 bits per heavy atom. The monoisotopic (exact) mass is 248 g/mol. The third kappa shape index (κ3) is 2.24. The number of hydrogen-bond acceptors (Lipinski definition) is 4. The summed E-state index contributed by atoms with van der Waals surface area (Å²) >= 11 is 0. The molecule has 0 fully saturated rings. The number of rotatable bonds is 1. The van der Waals surface area contributed by atoms with Gasteiger partial charge in [-0.15, -0.1) is 0 Å². The molecule has 1 aromatic rings. The number of aromatic nitrogens is 1. The second-order valence-corrected chi connectivity index (χ2v) is 3.42. The number of pyridine rings is 1. The Labute approximate surface area is 93.2 Å². The maximum absolute atomic E-state index is 12.4. The summed E-state index contributed by atoms with van der Waals surface area (Å²) in [4.78, 5) is 14.1. The van der Waals surface area contributed by atoms with E-state index in [1.54, 1.807) is 0 Å². The molecule has 0 saturated carbocycles. The number of carboxylic acids is 1. The largest absolute Gasteiger partial charge is 0.480 e. The number of alkyl halides is 3. The minimum absolute atomic E-state index is 0.0319. The summed E-state index contributed by atoms with van der Waals surface area (Å²) in [6, 6.07) is -0.301. The summed E-state index contributed by atoms with van der Waals surface area (Å²) in [5.41, 5.74) is -1.03. The molecule has 8 heteroatoms. The van der Waals surface area contributed by atoms with Crippen LogP contribution in [0, 0.1) is 0 Å². The molecule has 0 bridgehead atoms. The molecule has 1 aromatic heterocycles. The zero-order valence-electron chi connectivity index (χ0n) is 8.28. The number of aliphatic carboxylic acids is 1. The quantitative estimate of drug-likeness (QED) is 0.785. The number of ether oxygens (including phenoxy) is 1. The van der Waals surface area contributed by atoms with Gasteiger partial charge in [0.2, 0.25) is 5.88 Å². The van der Waals surface area contributed by atoms with Gasteiger partial charge in [-0.1, -0.05) is 0 Å². The molecule has 0 spiro atoms. The Balaban J connectivity index is 2.32. The number of fused-ring (bicyclic) bond motifs is 1. The van der Waals surface area contributed by atoms with Crippen molar-refractivity contribution >= 4 is 11.7 Å². The molecule has 0 aliphatic carbocycles. The fourth-order valence-electron chi connectivity index (χ4n) is 1.35. The van der Waals surface area contributed by atoms with Gasteiger partial charge in [-0.25, -0.2) is 9.78 Å². The predicted molar refractivity (Wildman–Crippen MR) is 49.8 cm³/mol. The summed E-state index contributed by atoms with van der Waals surface area (Å²) < 4.78 is 42.1. The molecule has 0 saturated heterocycles. The molecule has 2 rings (SSSR count). The van der Waals surface area contributed by atoms with Gasteiger partial charge in [0.25, 0.3) is 0 Å². The lowest BCUT2D eigenvalue weighted by Gasteiger charge is -2.24. The number of halogens is 3. The molecular formula is C9H7F3N2O3. The zero-order chi connectivity index (χ0) is 12.6. The van der Waals surface area contributed by atoms with Gasteiger partial charge in [0.15, 0.2) is 6.04 Å². The Morgan fingerprint density at radius 2 is 2.29 bits per heavy atom. The summed E-state index contributed by atoms with van der Waals surface area (Å²) in [5.74, 6) is -1.23. The fourth-order valence-corrected chi connectivity index (χ4v) is 1.35. The van der Waals surface area contributed by atoms with E-state index in [2.05, 4.69) is 10.3 Å². The second kappa shape index (κ2) is 3.79. The molecule has 0 radical (unpaired) electrons. The molecular weight excluding hydrogens is 241 g/mol. The van der Waals surface area contributed by atoms with Gasteiger partial charge in [-0.3, -0.25) is 0 Å². The number of hydrogen-bond donors (Lipinski definition) is 2. The zero-order valence-corrected chi connectivity index (χ0v) is 8.28. The van der Waals surface area contributed by atoms with Crippen LogP contribution >= 0.6 is 0 Å². The second-order valence-electron chi connectivity index (χ2n) is 3.42. The third-order valence-electron chi connectivity index (χ3n) is 2.19. The highest BCUT2D eigenvalue weighted by atomic mass is 19.4. The van der Waals surface area contributed by atoms with Crippen LogP contribution in [-0.4, -0.2) is 28.7 Å².